The van der Waals surface area contributed by atoms with E-state index in [1.165, 1.54) is 264 Å². The molecule has 0 atom stereocenters. The zero-order valence-electron chi connectivity index (χ0n) is 41.7. The van der Waals surface area contributed by atoms with E-state index in [0.29, 0.717) is 0 Å². The molecule has 7 nitrogen and oxygen atoms in total. The van der Waals surface area contributed by atoms with Gasteiger partial charge < -0.3 is 25.8 Å². The molecule has 0 bridgehead atoms. The number of nitrogens with two attached hydrogens (primary N) is 2. The zero-order valence-corrected chi connectivity index (χ0v) is 44.3. The van der Waals surface area contributed by atoms with E-state index in [9.17, 15) is 0 Å². The minimum atomic E-state index is -2.10. The highest BCUT2D eigenvalue weighted by Gasteiger charge is 1.99. The number of nitrogens with zero attached hydrogens (tertiary/aromatic N) is 2. The number of thioether (sulfide) groups is 2. The molecule has 0 aromatic rings. The zero-order chi connectivity index (χ0) is 45.4. The van der Waals surface area contributed by atoms with E-state index in [-0.39, 0.29) is 0 Å². The first-order valence-corrected chi connectivity index (χ1v) is 29.6. The summed E-state index contributed by atoms with van der Waals surface area (Å²) in [4.78, 5) is 24.6. The van der Waals surface area contributed by atoms with Crippen LogP contribution >= 0.6 is 32.1 Å². The van der Waals surface area contributed by atoms with Crippen molar-refractivity contribution >= 4 is 42.5 Å². The van der Waals surface area contributed by atoms with Crippen LogP contribution in [0.2, 0.25) is 0 Å². The van der Waals surface area contributed by atoms with Gasteiger partial charge in [0.05, 0.1) is 0 Å². The highest BCUT2D eigenvalue weighted by Crippen LogP contribution is 2.21. The van der Waals surface area contributed by atoms with Crippen LogP contribution in [0.15, 0.2) is 9.98 Å². The van der Waals surface area contributed by atoms with Crippen molar-refractivity contribution in [1.29, 1.82) is 0 Å². The number of unbranched alkanes of at least 4 members (excludes halogenated alkanes) is 36. The molecule has 0 aromatic carbocycles. The minimum Gasteiger partial charge on any atom is -0.379 e. The van der Waals surface area contributed by atoms with Crippen molar-refractivity contribution in [2.24, 2.45) is 21.5 Å². The fourth-order valence-electron chi connectivity index (χ4n) is 7.20. The lowest BCUT2D eigenvalue weighted by Crippen LogP contribution is -2.08. The average Bonchev–Trinajstić information content (AvgIpc) is 3.26. The Morgan fingerprint density at radius 1 is 0.361 bits per heavy atom. The summed E-state index contributed by atoms with van der Waals surface area (Å²) in [6, 6.07) is 0. The third-order valence-corrected chi connectivity index (χ3v) is 13.4. The molecule has 0 amide bonds. The maximum Gasteiger partial charge on any atom is 0.326 e. The highest BCUT2D eigenvalue weighted by molar-refractivity contribution is 8.14. The van der Waals surface area contributed by atoms with Crippen LogP contribution in [0, 0.1) is 0 Å². The van der Waals surface area contributed by atoms with E-state index in [0.717, 1.165) is 34.9 Å². The quantitative estimate of drug-likeness (QED) is 0.0207. The normalized spacial score (nSPS) is 11.8. The summed E-state index contributed by atoms with van der Waals surface area (Å²) in [5.74, 6) is 2.29. The number of rotatable bonds is 45. The smallest absolute Gasteiger partial charge is 0.326 e. The molecule has 0 saturated carbocycles. The van der Waals surface area contributed by atoms with Crippen LogP contribution in [0.5, 0.6) is 0 Å². The molecule has 0 fully saturated rings. The van der Waals surface area contributed by atoms with Gasteiger partial charge in [-0.15, -0.1) is 0 Å². The minimum absolute atomic E-state index is 0.812. The number of hydrogen-bond donors (Lipinski definition) is 4. The average molecular weight is 922 g/mol. The van der Waals surface area contributed by atoms with E-state index >= 15 is 0 Å². The molecule has 0 unspecified atom stereocenters. The van der Waals surface area contributed by atoms with Crippen molar-refractivity contribution in [3.63, 3.8) is 0 Å². The Morgan fingerprint density at radius 3 is 0.738 bits per heavy atom. The first-order valence-electron chi connectivity index (χ1n) is 26.5. The Balaban J connectivity index is -0.000000991. The fraction of sp³-hybridized carbons (Fsp3) is 0.961. The molecule has 0 aliphatic carbocycles. The van der Waals surface area contributed by atoms with E-state index in [1.54, 1.807) is 23.5 Å². The summed E-state index contributed by atoms with van der Waals surface area (Å²) < 4.78 is 3.93. The van der Waals surface area contributed by atoms with E-state index in [2.05, 4.69) is 42.2 Å². The third kappa shape index (κ3) is 69.2. The molecule has 0 rings (SSSR count). The lowest BCUT2D eigenvalue weighted by molar-refractivity contribution is 0.310. The maximum atomic E-state index is 7.76. The van der Waals surface area contributed by atoms with Gasteiger partial charge in [-0.25, -0.2) is 0 Å². The topological polar surface area (TPSA) is 126 Å². The molecule has 0 aromatic heterocycles. The maximum absolute atomic E-state index is 7.76. The SMILES string of the molecule is CCCCCCCCCCCCN=C(N)SCCCCCCCCCCCC.CCCCCCCCCCCCN=C(N)SCCCCCCCCCCCC.COP(O)O. The van der Waals surface area contributed by atoms with E-state index in [4.69, 9.17) is 21.3 Å². The van der Waals surface area contributed by atoms with Crippen LogP contribution in [0.3, 0.4) is 0 Å². The second kappa shape index (κ2) is 62.0. The first-order chi connectivity index (χ1) is 29.9. The summed E-state index contributed by atoms with van der Waals surface area (Å²) in [6.45, 7) is 11.0. The van der Waals surface area contributed by atoms with Crippen LogP contribution in [-0.2, 0) is 4.52 Å². The van der Waals surface area contributed by atoms with Crippen molar-refractivity contribution in [2.45, 2.75) is 285 Å². The molecule has 6 N–H and O–H groups in total. The molecule has 10 heteroatoms. The van der Waals surface area contributed by atoms with Crippen molar-refractivity contribution in [2.75, 3.05) is 31.7 Å². The summed E-state index contributed by atoms with van der Waals surface area (Å²) in [5.41, 5.74) is 12.1. The van der Waals surface area contributed by atoms with Gasteiger partial charge in [0.25, 0.3) is 0 Å². The summed E-state index contributed by atoms with van der Waals surface area (Å²) in [5, 5.41) is 1.62. The highest BCUT2D eigenvalue weighted by atomic mass is 32.2. The largest absolute Gasteiger partial charge is 0.379 e. The van der Waals surface area contributed by atoms with E-state index in [1.807, 2.05) is 0 Å². The predicted octanol–water partition coefficient (Wildman–Crippen LogP) is 17.6. The summed E-state index contributed by atoms with van der Waals surface area (Å²) in [7, 11) is -0.870. The second-order valence-corrected chi connectivity index (χ2v) is 20.4. The Hall–Kier alpha value is -0.0500. The molecular weight excluding hydrogens is 812 g/mol. The van der Waals surface area contributed by atoms with Crippen molar-refractivity contribution in [3.05, 3.63) is 0 Å². The Morgan fingerprint density at radius 2 is 0.541 bits per heavy atom. The molecule has 368 valence electrons. The molecule has 0 aliphatic rings. The molecule has 0 heterocycles. The molecular formula is C51H109N4O3PS2. The van der Waals surface area contributed by atoms with Gasteiger partial charge in [0, 0.05) is 31.7 Å². The lowest BCUT2D eigenvalue weighted by Gasteiger charge is -2.03. The fourth-order valence-corrected chi connectivity index (χ4v) is 8.68. The van der Waals surface area contributed by atoms with Gasteiger partial charge in [-0.1, -0.05) is 282 Å². The van der Waals surface area contributed by atoms with Crippen LogP contribution in [-0.4, -0.2) is 51.8 Å². The monoisotopic (exact) mass is 921 g/mol. The van der Waals surface area contributed by atoms with Gasteiger partial charge in [-0.2, -0.15) is 0 Å². The molecule has 0 aliphatic heterocycles. The van der Waals surface area contributed by atoms with Crippen LogP contribution in [0.4, 0.5) is 0 Å². The van der Waals surface area contributed by atoms with Gasteiger partial charge in [0.1, 0.15) is 0 Å². The van der Waals surface area contributed by atoms with Crippen LogP contribution in [0.1, 0.15) is 285 Å². The van der Waals surface area contributed by atoms with Gasteiger partial charge >= 0.3 is 8.60 Å². The Bertz CT molecular complexity index is 780. The van der Waals surface area contributed by atoms with Crippen LogP contribution < -0.4 is 11.5 Å². The standard InChI is InChI=1S/2C25H52N2S.CH5O3P/c2*1-3-5-7-9-11-13-15-17-19-21-23-27-25(26)28-24-22-20-18-16-14-12-10-8-6-4-2;1-4-5(2)3/h2*3-24H2,1-2H3,(H2,26,27);2-3H,1H3. The van der Waals surface area contributed by atoms with Crippen molar-refractivity contribution < 1.29 is 14.3 Å². The number of aliphatic imine (C=N–C) groups is 2. The number of amidine groups is 2. The predicted molar refractivity (Wildman–Crippen MR) is 284 cm³/mol. The Kier molecular flexibility index (Phi) is 66.3. The molecule has 61 heavy (non-hydrogen) atoms. The molecule has 0 saturated heterocycles. The number of hydrogen-bond acceptors (Lipinski definition) is 7. The van der Waals surface area contributed by atoms with Gasteiger partial charge in [0.2, 0.25) is 0 Å². The third-order valence-electron chi connectivity index (χ3n) is 11.2. The van der Waals surface area contributed by atoms with Crippen molar-refractivity contribution in [1.82, 2.24) is 0 Å². The van der Waals surface area contributed by atoms with Gasteiger partial charge in [-0.05, 0) is 25.7 Å². The van der Waals surface area contributed by atoms with E-state index < -0.39 is 8.60 Å². The lowest BCUT2D eigenvalue weighted by atomic mass is 10.1. The summed E-state index contributed by atoms with van der Waals surface area (Å²) in [6.07, 6.45) is 55.5. The molecule has 0 spiro atoms. The van der Waals surface area contributed by atoms with Crippen LogP contribution in [0.25, 0.3) is 0 Å². The molecule has 0 radical (unpaired) electrons. The van der Waals surface area contributed by atoms with Crippen molar-refractivity contribution in [3.8, 4) is 0 Å². The second-order valence-electron chi connectivity index (χ2n) is 17.3. The first kappa shape index (κ1) is 65.2. The Labute approximate surface area is 392 Å². The summed E-state index contributed by atoms with van der Waals surface area (Å²) >= 11 is 3.53. The van der Waals surface area contributed by atoms with Gasteiger partial charge in [-0.3, -0.25) is 9.98 Å². The van der Waals surface area contributed by atoms with Gasteiger partial charge in [0.15, 0.2) is 10.3 Å².